The van der Waals surface area contributed by atoms with Gasteiger partial charge in [-0.15, -0.1) is 0 Å². The number of benzene rings is 1. The average Bonchev–Trinajstić information content (AvgIpc) is 3.09. The van der Waals surface area contributed by atoms with Gasteiger partial charge in [-0.25, -0.2) is 9.78 Å². The largest absolute Gasteiger partial charge is 0.464 e. The SMILES string of the molecule is COC(=O)c1cccc(-c2cccc(-c3ccn[nH]3)c2)n1. The maximum atomic E-state index is 11.6. The van der Waals surface area contributed by atoms with Gasteiger partial charge in [0.1, 0.15) is 5.69 Å². The molecule has 5 nitrogen and oxygen atoms in total. The predicted octanol–water partition coefficient (Wildman–Crippen LogP) is 2.93. The second-order valence-electron chi connectivity index (χ2n) is 4.45. The van der Waals surface area contributed by atoms with Crippen LogP contribution >= 0.6 is 0 Å². The number of nitrogens with one attached hydrogen (secondary N) is 1. The molecular weight excluding hydrogens is 266 g/mol. The molecule has 0 spiro atoms. The van der Waals surface area contributed by atoms with Crippen LogP contribution in [0, 0.1) is 0 Å². The summed E-state index contributed by atoms with van der Waals surface area (Å²) in [6.45, 7) is 0. The number of H-pyrrole nitrogens is 1. The normalized spacial score (nSPS) is 10.3. The summed E-state index contributed by atoms with van der Waals surface area (Å²) in [5.74, 6) is -0.443. The highest BCUT2D eigenvalue weighted by molar-refractivity contribution is 5.87. The number of methoxy groups -OCH3 is 1. The molecule has 0 radical (unpaired) electrons. The molecule has 3 aromatic rings. The van der Waals surface area contributed by atoms with Crippen LogP contribution in [0.2, 0.25) is 0 Å². The molecule has 1 aromatic carbocycles. The van der Waals surface area contributed by atoms with Gasteiger partial charge in [-0.3, -0.25) is 5.10 Å². The minimum absolute atomic E-state index is 0.293. The minimum atomic E-state index is -0.443. The number of aromatic nitrogens is 3. The van der Waals surface area contributed by atoms with Crippen LogP contribution in [0.5, 0.6) is 0 Å². The zero-order valence-electron chi connectivity index (χ0n) is 11.4. The van der Waals surface area contributed by atoms with Gasteiger partial charge < -0.3 is 4.74 Å². The standard InChI is InChI=1S/C16H13N3O2/c1-21-16(20)15-7-3-6-13(18-15)11-4-2-5-12(10-11)14-8-9-17-19-14/h2-10H,1H3,(H,17,19). The Labute approximate surface area is 121 Å². The molecule has 0 atom stereocenters. The molecule has 0 amide bonds. The zero-order chi connectivity index (χ0) is 14.7. The van der Waals surface area contributed by atoms with Crippen LogP contribution < -0.4 is 0 Å². The third kappa shape index (κ3) is 2.67. The fourth-order valence-corrected chi connectivity index (χ4v) is 2.08. The smallest absolute Gasteiger partial charge is 0.356 e. The fraction of sp³-hybridized carbons (Fsp3) is 0.0625. The highest BCUT2D eigenvalue weighted by Gasteiger charge is 2.09. The van der Waals surface area contributed by atoms with Crippen LogP contribution in [-0.4, -0.2) is 28.3 Å². The maximum absolute atomic E-state index is 11.6. The number of pyridine rings is 1. The summed E-state index contributed by atoms with van der Waals surface area (Å²) in [6.07, 6.45) is 1.71. The minimum Gasteiger partial charge on any atom is -0.464 e. The van der Waals surface area contributed by atoms with E-state index >= 15 is 0 Å². The molecular formula is C16H13N3O2. The molecule has 0 saturated heterocycles. The van der Waals surface area contributed by atoms with E-state index in [9.17, 15) is 4.79 Å². The Morgan fingerprint density at radius 2 is 1.90 bits per heavy atom. The van der Waals surface area contributed by atoms with Gasteiger partial charge in [-0.05, 0) is 24.3 Å². The number of hydrogen-bond acceptors (Lipinski definition) is 4. The van der Waals surface area contributed by atoms with E-state index in [4.69, 9.17) is 4.74 Å². The van der Waals surface area contributed by atoms with E-state index < -0.39 is 5.97 Å². The van der Waals surface area contributed by atoms with E-state index in [0.717, 1.165) is 22.5 Å². The van der Waals surface area contributed by atoms with E-state index in [2.05, 4.69) is 15.2 Å². The lowest BCUT2D eigenvalue weighted by atomic mass is 10.1. The average molecular weight is 279 g/mol. The van der Waals surface area contributed by atoms with Crippen LogP contribution in [-0.2, 0) is 4.74 Å². The fourth-order valence-electron chi connectivity index (χ4n) is 2.08. The Morgan fingerprint density at radius 1 is 1.10 bits per heavy atom. The summed E-state index contributed by atoms with van der Waals surface area (Å²) in [5, 5.41) is 6.87. The first-order valence-corrected chi connectivity index (χ1v) is 6.43. The van der Waals surface area contributed by atoms with Gasteiger partial charge in [0.15, 0.2) is 0 Å². The summed E-state index contributed by atoms with van der Waals surface area (Å²) in [6, 6.07) is 15.1. The van der Waals surface area contributed by atoms with Gasteiger partial charge in [-0.2, -0.15) is 5.10 Å². The second kappa shape index (κ2) is 5.58. The summed E-state index contributed by atoms with van der Waals surface area (Å²) in [7, 11) is 1.34. The highest BCUT2D eigenvalue weighted by atomic mass is 16.5. The Bertz CT molecular complexity index is 767. The van der Waals surface area contributed by atoms with Crippen molar-refractivity contribution in [3.63, 3.8) is 0 Å². The Morgan fingerprint density at radius 3 is 2.67 bits per heavy atom. The van der Waals surface area contributed by atoms with Gasteiger partial charge >= 0.3 is 5.97 Å². The lowest BCUT2D eigenvalue weighted by molar-refractivity contribution is 0.0594. The number of rotatable bonds is 3. The van der Waals surface area contributed by atoms with Crippen molar-refractivity contribution in [2.24, 2.45) is 0 Å². The molecule has 0 fully saturated rings. The van der Waals surface area contributed by atoms with Gasteiger partial charge in [-0.1, -0.05) is 24.3 Å². The molecule has 0 unspecified atom stereocenters. The Hall–Kier alpha value is -2.95. The highest BCUT2D eigenvalue weighted by Crippen LogP contribution is 2.24. The van der Waals surface area contributed by atoms with Crippen LogP contribution in [0.25, 0.3) is 22.5 Å². The van der Waals surface area contributed by atoms with Crippen molar-refractivity contribution < 1.29 is 9.53 Å². The third-order valence-corrected chi connectivity index (χ3v) is 3.11. The number of carbonyl (C=O) groups is 1. The van der Waals surface area contributed by atoms with Crippen LogP contribution in [0.1, 0.15) is 10.5 Å². The van der Waals surface area contributed by atoms with E-state index in [1.54, 1.807) is 18.3 Å². The summed E-state index contributed by atoms with van der Waals surface area (Å²) in [5.41, 5.74) is 3.88. The molecule has 3 rings (SSSR count). The molecule has 0 saturated carbocycles. The van der Waals surface area contributed by atoms with Crippen molar-refractivity contribution in [2.75, 3.05) is 7.11 Å². The predicted molar refractivity (Wildman–Crippen MR) is 78.6 cm³/mol. The number of ether oxygens (including phenoxy) is 1. The molecule has 0 aliphatic rings. The van der Waals surface area contributed by atoms with E-state index in [-0.39, 0.29) is 0 Å². The van der Waals surface area contributed by atoms with Gasteiger partial charge in [0.2, 0.25) is 0 Å². The molecule has 2 heterocycles. The van der Waals surface area contributed by atoms with Crippen molar-refractivity contribution in [3.05, 3.63) is 60.4 Å². The number of esters is 1. The Kier molecular flexibility index (Phi) is 3.47. The monoisotopic (exact) mass is 279 g/mol. The lowest BCUT2D eigenvalue weighted by Gasteiger charge is -2.05. The molecule has 0 aliphatic heterocycles. The first-order chi connectivity index (χ1) is 10.3. The van der Waals surface area contributed by atoms with E-state index in [1.807, 2.05) is 36.4 Å². The molecule has 104 valence electrons. The molecule has 1 N–H and O–H groups in total. The van der Waals surface area contributed by atoms with Crippen molar-refractivity contribution in [3.8, 4) is 22.5 Å². The van der Waals surface area contributed by atoms with Crippen LogP contribution in [0.15, 0.2) is 54.7 Å². The van der Waals surface area contributed by atoms with E-state index in [1.165, 1.54) is 7.11 Å². The van der Waals surface area contributed by atoms with Crippen LogP contribution in [0.4, 0.5) is 0 Å². The first-order valence-electron chi connectivity index (χ1n) is 6.43. The van der Waals surface area contributed by atoms with E-state index in [0.29, 0.717) is 5.69 Å². The summed E-state index contributed by atoms with van der Waals surface area (Å²) < 4.78 is 4.70. The topological polar surface area (TPSA) is 67.9 Å². The Balaban J connectivity index is 2.01. The van der Waals surface area contributed by atoms with Gasteiger partial charge in [0, 0.05) is 17.3 Å². The summed E-state index contributed by atoms with van der Waals surface area (Å²) in [4.78, 5) is 15.9. The number of carbonyl (C=O) groups excluding carboxylic acids is 1. The van der Waals surface area contributed by atoms with Crippen molar-refractivity contribution in [2.45, 2.75) is 0 Å². The van der Waals surface area contributed by atoms with Gasteiger partial charge in [0.05, 0.1) is 18.5 Å². The van der Waals surface area contributed by atoms with Gasteiger partial charge in [0.25, 0.3) is 0 Å². The van der Waals surface area contributed by atoms with Crippen molar-refractivity contribution >= 4 is 5.97 Å². The third-order valence-electron chi connectivity index (χ3n) is 3.11. The molecule has 21 heavy (non-hydrogen) atoms. The maximum Gasteiger partial charge on any atom is 0.356 e. The molecule has 5 heteroatoms. The molecule has 2 aromatic heterocycles. The van der Waals surface area contributed by atoms with Crippen molar-refractivity contribution in [1.82, 2.24) is 15.2 Å². The first kappa shape index (κ1) is 13.1. The zero-order valence-corrected chi connectivity index (χ0v) is 11.4. The molecule has 0 bridgehead atoms. The second-order valence-corrected chi connectivity index (χ2v) is 4.45. The number of aromatic amines is 1. The van der Waals surface area contributed by atoms with Crippen molar-refractivity contribution in [1.29, 1.82) is 0 Å². The number of hydrogen-bond donors (Lipinski definition) is 1. The number of nitrogens with zero attached hydrogens (tertiary/aromatic N) is 2. The van der Waals surface area contributed by atoms with Crippen LogP contribution in [0.3, 0.4) is 0 Å². The molecule has 0 aliphatic carbocycles. The quantitative estimate of drug-likeness (QED) is 0.748. The lowest BCUT2D eigenvalue weighted by Crippen LogP contribution is -2.04. The summed E-state index contributed by atoms with van der Waals surface area (Å²) >= 11 is 0.